The van der Waals surface area contributed by atoms with Crippen molar-refractivity contribution in [2.45, 2.75) is 64.1 Å². The number of hydrogen-bond donors (Lipinski definition) is 0. The van der Waals surface area contributed by atoms with Gasteiger partial charge in [-0.1, -0.05) is 19.8 Å². The Balaban J connectivity index is 1.40. The van der Waals surface area contributed by atoms with Gasteiger partial charge in [0.25, 0.3) is 0 Å². The molecule has 0 spiro atoms. The van der Waals surface area contributed by atoms with Gasteiger partial charge in [0.15, 0.2) is 0 Å². The van der Waals surface area contributed by atoms with Gasteiger partial charge in [-0.15, -0.1) is 0 Å². The van der Waals surface area contributed by atoms with Gasteiger partial charge in [0, 0.05) is 32.3 Å². The van der Waals surface area contributed by atoms with Crippen LogP contribution in [-0.4, -0.2) is 64.1 Å². The molecule has 2 unspecified atom stereocenters. The van der Waals surface area contributed by atoms with E-state index in [4.69, 9.17) is 4.74 Å². The van der Waals surface area contributed by atoms with Crippen molar-refractivity contribution < 1.29 is 9.53 Å². The maximum atomic E-state index is 13.0. The van der Waals surface area contributed by atoms with Gasteiger partial charge in [-0.05, 0) is 24.8 Å². The molecule has 3 heterocycles. The summed E-state index contributed by atoms with van der Waals surface area (Å²) in [5.41, 5.74) is 2.34. The van der Waals surface area contributed by atoms with Crippen molar-refractivity contribution in [1.29, 1.82) is 0 Å². The van der Waals surface area contributed by atoms with Crippen LogP contribution in [0.4, 0.5) is 0 Å². The second-order valence-corrected chi connectivity index (χ2v) is 7.42. The fourth-order valence-electron chi connectivity index (χ4n) is 4.39. The first-order valence-electron chi connectivity index (χ1n) is 9.71. The van der Waals surface area contributed by atoms with Crippen LogP contribution in [0.25, 0.3) is 0 Å². The first-order chi connectivity index (χ1) is 12.2. The molecule has 1 saturated heterocycles. The van der Waals surface area contributed by atoms with Crippen molar-refractivity contribution in [3.63, 3.8) is 0 Å². The van der Waals surface area contributed by atoms with Crippen molar-refractivity contribution in [3.8, 4) is 0 Å². The summed E-state index contributed by atoms with van der Waals surface area (Å²) in [4.78, 5) is 26.4. The average Bonchev–Trinajstić information content (AvgIpc) is 2.66. The Morgan fingerprint density at radius 3 is 3.08 bits per heavy atom. The zero-order valence-corrected chi connectivity index (χ0v) is 15.1. The molecule has 0 aromatic carbocycles. The van der Waals surface area contributed by atoms with E-state index in [1.165, 1.54) is 18.4 Å². The van der Waals surface area contributed by atoms with E-state index in [9.17, 15) is 4.79 Å². The number of fused-ring (bicyclic) bond motifs is 2. The predicted molar refractivity (Wildman–Crippen MR) is 94.1 cm³/mol. The third-order valence-electron chi connectivity index (χ3n) is 5.80. The van der Waals surface area contributed by atoms with Crippen molar-refractivity contribution in [2.75, 3.05) is 26.2 Å². The molecule has 2 fully saturated rings. The highest BCUT2D eigenvalue weighted by molar-refractivity contribution is 5.78. The van der Waals surface area contributed by atoms with Crippen LogP contribution in [0.5, 0.6) is 0 Å². The molecule has 25 heavy (non-hydrogen) atoms. The van der Waals surface area contributed by atoms with Gasteiger partial charge in [0.2, 0.25) is 5.91 Å². The van der Waals surface area contributed by atoms with Crippen LogP contribution in [0.2, 0.25) is 0 Å². The van der Waals surface area contributed by atoms with Gasteiger partial charge >= 0.3 is 0 Å². The molecule has 1 saturated carbocycles. The molecule has 0 radical (unpaired) electrons. The van der Waals surface area contributed by atoms with E-state index in [2.05, 4.69) is 26.7 Å². The number of nitrogens with zero attached hydrogens (tertiary/aromatic N) is 4. The summed E-state index contributed by atoms with van der Waals surface area (Å²) in [5, 5.41) is 0. The Labute approximate surface area is 149 Å². The van der Waals surface area contributed by atoms with Crippen LogP contribution in [0.15, 0.2) is 6.20 Å². The number of rotatable bonds is 3. The topological polar surface area (TPSA) is 58.6 Å². The Bertz CT molecular complexity index is 634. The molecule has 0 bridgehead atoms. The molecule has 6 nitrogen and oxygen atoms in total. The Morgan fingerprint density at radius 1 is 1.32 bits per heavy atom. The number of amides is 1. The quantitative estimate of drug-likeness (QED) is 0.833. The Kier molecular flexibility index (Phi) is 4.99. The lowest BCUT2D eigenvalue weighted by atomic mass is 9.90. The zero-order chi connectivity index (χ0) is 17.2. The molecule has 1 amide bonds. The third-order valence-corrected chi connectivity index (χ3v) is 5.80. The second kappa shape index (κ2) is 7.38. The van der Waals surface area contributed by atoms with Crippen LogP contribution < -0.4 is 0 Å². The lowest BCUT2D eigenvalue weighted by Gasteiger charge is -2.44. The molecule has 1 aliphatic carbocycles. The maximum Gasteiger partial charge on any atom is 0.237 e. The van der Waals surface area contributed by atoms with Crippen molar-refractivity contribution >= 4 is 5.91 Å². The normalized spacial score (nSPS) is 26.8. The smallest absolute Gasteiger partial charge is 0.237 e. The number of carbonyl (C=O) groups is 1. The molecule has 1 aromatic heterocycles. The van der Waals surface area contributed by atoms with Crippen LogP contribution >= 0.6 is 0 Å². The molecular formula is C19H28N4O2. The lowest BCUT2D eigenvalue weighted by Crippen LogP contribution is -2.57. The van der Waals surface area contributed by atoms with Crippen LogP contribution in [0.3, 0.4) is 0 Å². The van der Waals surface area contributed by atoms with E-state index in [0.717, 1.165) is 56.8 Å². The van der Waals surface area contributed by atoms with Gasteiger partial charge in [0.05, 0.1) is 31.0 Å². The summed E-state index contributed by atoms with van der Waals surface area (Å²) in [7, 11) is 0. The van der Waals surface area contributed by atoms with Gasteiger partial charge in [-0.25, -0.2) is 9.97 Å². The van der Waals surface area contributed by atoms with E-state index in [-0.39, 0.29) is 12.0 Å². The molecule has 0 N–H and O–H groups in total. The fraction of sp³-hybridized carbons (Fsp3) is 0.737. The number of aryl methyl sites for hydroxylation is 1. The summed E-state index contributed by atoms with van der Waals surface area (Å²) in [6, 6.07) is 0.293. The molecule has 1 aromatic rings. The molecule has 4 rings (SSSR count). The summed E-state index contributed by atoms with van der Waals surface area (Å²) < 4.78 is 5.90. The minimum atomic E-state index is 0.258. The summed E-state index contributed by atoms with van der Waals surface area (Å²) in [6.07, 6.45) is 8.63. The number of carbonyl (C=O) groups excluding carboxylic acids is 1. The van der Waals surface area contributed by atoms with Gasteiger partial charge in [-0.2, -0.15) is 0 Å². The van der Waals surface area contributed by atoms with E-state index < -0.39 is 0 Å². The summed E-state index contributed by atoms with van der Waals surface area (Å²) in [5.74, 6) is 1.15. The van der Waals surface area contributed by atoms with Crippen LogP contribution in [0.1, 0.15) is 49.7 Å². The van der Waals surface area contributed by atoms with E-state index in [0.29, 0.717) is 19.2 Å². The summed E-state index contributed by atoms with van der Waals surface area (Å²) in [6.45, 7) is 5.66. The van der Waals surface area contributed by atoms with Crippen molar-refractivity contribution in [2.24, 2.45) is 0 Å². The average molecular weight is 344 g/mol. The maximum absolute atomic E-state index is 13.0. The molecular weight excluding hydrogens is 316 g/mol. The molecule has 2 aliphatic heterocycles. The molecule has 136 valence electrons. The SMILES string of the molecule is CCc1ncc2c(n1)CN(CC(=O)N1CCOC3CCCCC31)CC2. The van der Waals surface area contributed by atoms with E-state index in [1.54, 1.807) is 0 Å². The number of aromatic nitrogens is 2. The lowest BCUT2D eigenvalue weighted by molar-refractivity contribution is -0.150. The van der Waals surface area contributed by atoms with Crippen LogP contribution in [-0.2, 0) is 28.9 Å². The molecule has 2 atom stereocenters. The minimum Gasteiger partial charge on any atom is -0.374 e. The highest BCUT2D eigenvalue weighted by Gasteiger charge is 2.37. The number of ether oxygens (including phenoxy) is 1. The largest absolute Gasteiger partial charge is 0.374 e. The highest BCUT2D eigenvalue weighted by atomic mass is 16.5. The van der Waals surface area contributed by atoms with Gasteiger partial charge in [-0.3, -0.25) is 9.69 Å². The standard InChI is InChI=1S/C19H28N4O2/c1-2-18-20-11-14-7-8-22(12-15(14)21-18)13-19(24)23-9-10-25-17-6-4-3-5-16(17)23/h11,16-17H,2-10,12-13H2,1H3. The number of hydrogen-bond acceptors (Lipinski definition) is 5. The van der Waals surface area contributed by atoms with E-state index >= 15 is 0 Å². The number of morpholine rings is 1. The summed E-state index contributed by atoms with van der Waals surface area (Å²) >= 11 is 0. The predicted octanol–water partition coefficient (Wildman–Crippen LogP) is 1.57. The second-order valence-electron chi connectivity index (χ2n) is 7.42. The third kappa shape index (κ3) is 3.55. The first-order valence-corrected chi connectivity index (χ1v) is 9.71. The highest BCUT2D eigenvalue weighted by Crippen LogP contribution is 2.28. The first kappa shape index (κ1) is 16.9. The monoisotopic (exact) mass is 344 g/mol. The van der Waals surface area contributed by atoms with Gasteiger partial charge in [0.1, 0.15) is 5.82 Å². The molecule has 6 heteroatoms. The zero-order valence-electron chi connectivity index (χ0n) is 15.1. The van der Waals surface area contributed by atoms with Crippen molar-refractivity contribution in [3.05, 3.63) is 23.3 Å². The Morgan fingerprint density at radius 2 is 2.20 bits per heavy atom. The van der Waals surface area contributed by atoms with Gasteiger partial charge < -0.3 is 9.64 Å². The van der Waals surface area contributed by atoms with E-state index in [1.807, 2.05) is 6.20 Å². The van der Waals surface area contributed by atoms with Crippen molar-refractivity contribution in [1.82, 2.24) is 19.8 Å². The fourth-order valence-corrected chi connectivity index (χ4v) is 4.39. The van der Waals surface area contributed by atoms with Crippen LogP contribution in [0, 0.1) is 0 Å². The molecule has 3 aliphatic rings. The Hall–Kier alpha value is -1.53. The minimum absolute atomic E-state index is 0.258.